The molecule has 0 aromatic heterocycles. The molecule has 25 heavy (non-hydrogen) atoms. The highest BCUT2D eigenvalue weighted by atomic mass is 16.2. The lowest BCUT2D eigenvalue weighted by molar-refractivity contribution is -0.139. The van der Waals surface area contributed by atoms with Crippen molar-refractivity contribution in [2.24, 2.45) is 5.73 Å². The Morgan fingerprint density at radius 2 is 1.96 bits per heavy atom. The third kappa shape index (κ3) is 6.15. The monoisotopic (exact) mass is 350 g/mol. The van der Waals surface area contributed by atoms with E-state index in [0.29, 0.717) is 12.8 Å². The zero-order chi connectivity index (χ0) is 19.0. The minimum atomic E-state index is -0.903. The summed E-state index contributed by atoms with van der Waals surface area (Å²) in [6, 6.07) is -1.68. The number of nitrogens with zero attached hydrogens (tertiary/aromatic N) is 1. The lowest BCUT2D eigenvalue weighted by Gasteiger charge is -2.25. The molecule has 0 aromatic carbocycles. The summed E-state index contributed by atoms with van der Waals surface area (Å²) in [4.78, 5) is 49.1. The Morgan fingerprint density at radius 3 is 2.48 bits per heavy atom. The number of nitrogens with two attached hydrogens (primary N) is 1. The van der Waals surface area contributed by atoms with Crippen LogP contribution in [-0.2, 0) is 19.2 Å². The van der Waals surface area contributed by atoms with Crippen LogP contribution in [0, 0.1) is 0 Å². The molecule has 1 rings (SSSR count). The molecule has 0 heterocycles. The number of hydrogen-bond acceptors (Lipinski definition) is 5. The molecular formula is C17H26N4O4. The molecule has 3 amide bonds. The smallest absolute Gasteiger partial charge is 0.289 e. The Hall–Kier alpha value is -2.48. The summed E-state index contributed by atoms with van der Waals surface area (Å²) in [5, 5.41) is 4.85. The number of allylic oxidation sites excluding steroid dienone is 3. The van der Waals surface area contributed by atoms with E-state index in [2.05, 4.69) is 10.6 Å². The van der Waals surface area contributed by atoms with E-state index >= 15 is 0 Å². The Morgan fingerprint density at radius 1 is 1.28 bits per heavy atom. The van der Waals surface area contributed by atoms with Crippen molar-refractivity contribution in [3.8, 4) is 0 Å². The number of rotatable bonds is 8. The Balaban J connectivity index is 2.68. The van der Waals surface area contributed by atoms with E-state index in [-0.39, 0.29) is 5.91 Å². The van der Waals surface area contributed by atoms with E-state index < -0.39 is 36.2 Å². The first-order chi connectivity index (χ1) is 11.8. The summed E-state index contributed by atoms with van der Waals surface area (Å²) in [5.41, 5.74) is 6.30. The van der Waals surface area contributed by atoms with E-state index in [0.717, 1.165) is 12.0 Å². The van der Waals surface area contributed by atoms with Gasteiger partial charge in [0.05, 0.1) is 12.6 Å². The molecule has 0 aromatic rings. The lowest BCUT2D eigenvalue weighted by atomic mass is 9.97. The average Bonchev–Trinajstić information content (AvgIpc) is 2.62. The molecule has 1 aliphatic rings. The minimum Gasteiger partial charge on any atom is -0.347 e. The minimum absolute atomic E-state index is 0.259. The number of carbonyl (C=O) groups is 4. The standard InChI is InChI=1S/C17H26N4O4/c1-4-12(18)15(23)16(24)19-10-13(22)20-14(17(25)21(2)3)11-8-6-5-7-9-11/h5-6,8,12,14H,4,7,9-10,18H2,1-3H3,(H,19,24)(H,20,22). The second-order valence-corrected chi connectivity index (χ2v) is 6.00. The summed E-state index contributed by atoms with van der Waals surface area (Å²) >= 11 is 0. The van der Waals surface area contributed by atoms with Gasteiger partial charge in [0, 0.05) is 14.1 Å². The van der Waals surface area contributed by atoms with Crippen LogP contribution in [0.5, 0.6) is 0 Å². The topological polar surface area (TPSA) is 122 Å². The predicted molar refractivity (Wildman–Crippen MR) is 93.4 cm³/mol. The molecule has 8 heteroatoms. The number of carbonyl (C=O) groups excluding carboxylic acids is 4. The zero-order valence-corrected chi connectivity index (χ0v) is 14.9. The van der Waals surface area contributed by atoms with Gasteiger partial charge in [-0.3, -0.25) is 19.2 Å². The molecule has 2 unspecified atom stereocenters. The molecule has 0 radical (unpaired) electrons. The van der Waals surface area contributed by atoms with E-state index in [1.807, 2.05) is 12.2 Å². The van der Waals surface area contributed by atoms with Gasteiger partial charge in [0.15, 0.2) is 0 Å². The van der Waals surface area contributed by atoms with E-state index in [4.69, 9.17) is 5.73 Å². The fourth-order valence-electron chi connectivity index (χ4n) is 2.25. The third-order valence-corrected chi connectivity index (χ3v) is 3.82. The maximum atomic E-state index is 12.3. The average molecular weight is 350 g/mol. The van der Waals surface area contributed by atoms with Gasteiger partial charge in [0.1, 0.15) is 6.04 Å². The number of ketones is 1. The van der Waals surface area contributed by atoms with Crippen LogP contribution in [0.4, 0.5) is 0 Å². The summed E-state index contributed by atoms with van der Waals surface area (Å²) in [7, 11) is 3.21. The molecule has 0 saturated carbocycles. The van der Waals surface area contributed by atoms with Crippen LogP contribution in [-0.4, -0.2) is 61.1 Å². The van der Waals surface area contributed by atoms with Gasteiger partial charge in [-0.2, -0.15) is 0 Å². The third-order valence-electron chi connectivity index (χ3n) is 3.82. The van der Waals surface area contributed by atoms with Gasteiger partial charge in [0.25, 0.3) is 5.91 Å². The Bertz CT molecular complexity index is 595. The second-order valence-electron chi connectivity index (χ2n) is 6.00. The highest BCUT2D eigenvalue weighted by molar-refractivity contribution is 6.38. The molecule has 0 bridgehead atoms. The normalized spacial score (nSPS) is 15.6. The predicted octanol–water partition coefficient (Wildman–Crippen LogP) is -0.742. The fourth-order valence-corrected chi connectivity index (χ4v) is 2.25. The van der Waals surface area contributed by atoms with E-state index in [9.17, 15) is 19.2 Å². The van der Waals surface area contributed by atoms with Crippen LogP contribution in [0.3, 0.4) is 0 Å². The molecule has 1 aliphatic carbocycles. The van der Waals surface area contributed by atoms with Crippen molar-refractivity contribution in [3.63, 3.8) is 0 Å². The molecule has 138 valence electrons. The molecule has 2 atom stereocenters. The van der Waals surface area contributed by atoms with Gasteiger partial charge in [-0.1, -0.05) is 25.2 Å². The summed E-state index contributed by atoms with van der Waals surface area (Å²) in [6.45, 7) is 1.29. The summed E-state index contributed by atoms with van der Waals surface area (Å²) in [5.74, 6) is -2.48. The first kappa shape index (κ1) is 20.6. The van der Waals surface area contributed by atoms with Crippen molar-refractivity contribution < 1.29 is 19.2 Å². The van der Waals surface area contributed by atoms with Crippen molar-refractivity contribution in [1.82, 2.24) is 15.5 Å². The van der Waals surface area contributed by atoms with Crippen LogP contribution in [0.15, 0.2) is 23.8 Å². The fraction of sp³-hybridized carbons (Fsp3) is 0.529. The number of nitrogens with one attached hydrogen (secondary N) is 2. The molecule has 4 N–H and O–H groups in total. The molecule has 0 aliphatic heterocycles. The second kappa shape index (κ2) is 9.73. The lowest BCUT2D eigenvalue weighted by Crippen LogP contribution is -2.51. The van der Waals surface area contributed by atoms with Gasteiger partial charge in [-0.05, 0) is 24.8 Å². The number of hydrogen-bond donors (Lipinski definition) is 3. The summed E-state index contributed by atoms with van der Waals surface area (Å²) in [6.07, 6.45) is 7.41. The first-order valence-corrected chi connectivity index (χ1v) is 8.21. The Labute approximate surface area is 147 Å². The van der Waals surface area contributed by atoms with Crippen molar-refractivity contribution in [2.75, 3.05) is 20.6 Å². The molecule has 0 fully saturated rings. The van der Waals surface area contributed by atoms with Gasteiger partial charge in [0.2, 0.25) is 17.6 Å². The van der Waals surface area contributed by atoms with Crippen molar-refractivity contribution in [1.29, 1.82) is 0 Å². The maximum Gasteiger partial charge on any atom is 0.289 e. The summed E-state index contributed by atoms with van der Waals surface area (Å²) < 4.78 is 0. The van der Waals surface area contributed by atoms with Crippen molar-refractivity contribution >= 4 is 23.5 Å². The van der Waals surface area contributed by atoms with Crippen LogP contribution < -0.4 is 16.4 Å². The number of Topliss-reactive ketones (excluding diaryl/α,β-unsaturated/α-hetero) is 1. The SMILES string of the molecule is CCC(N)C(=O)C(=O)NCC(=O)NC(C(=O)N(C)C)C1=CC=CCC1. The van der Waals surface area contributed by atoms with Crippen LogP contribution >= 0.6 is 0 Å². The quantitative estimate of drug-likeness (QED) is 0.498. The molecular weight excluding hydrogens is 324 g/mol. The van der Waals surface area contributed by atoms with Crippen LogP contribution in [0.2, 0.25) is 0 Å². The van der Waals surface area contributed by atoms with Crippen LogP contribution in [0.25, 0.3) is 0 Å². The number of amides is 3. The molecule has 0 saturated heterocycles. The first-order valence-electron chi connectivity index (χ1n) is 8.21. The Kier molecular flexibility index (Phi) is 8.00. The molecule has 8 nitrogen and oxygen atoms in total. The van der Waals surface area contributed by atoms with Gasteiger partial charge in [-0.25, -0.2) is 0 Å². The molecule has 0 spiro atoms. The van der Waals surface area contributed by atoms with Crippen molar-refractivity contribution in [3.05, 3.63) is 23.8 Å². The highest BCUT2D eigenvalue weighted by Gasteiger charge is 2.27. The van der Waals surface area contributed by atoms with Gasteiger partial charge >= 0.3 is 0 Å². The highest BCUT2D eigenvalue weighted by Crippen LogP contribution is 2.17. The van der Waals surface area contributed by atoms with Crippen molar-refractivity contribution in [2.45, 2.75) is 38.3 Å². The largest absolute Gasteiger partial charge is 0.347 e. The number of likely N-dealkylation sites (N-methyl/N-ethyl adjacent to an activating group) is 1. The maximum absolute atomic E-state index is 12.3. The van der Waals surface area contributed by atoms with Gasteiger partial charge < -0.3 is 21.3 Å². The van der Waals surface area contributed by atoms with Crippen LogP contribution in [0.1, 0.15) is 26.2 Å². The van der Waals surface area contributed by atoms with E-state index in [1.54, 1.807) is 27.1 Å². The zero-order valence-electron chi connectivity index (χ0n) is 14.9. The van der Waals surface area contributed by atoms with Gasteiger partial charge in [-0.15, -0.1) is 0 Å². The van der Waals surface area contributed by atoms with E-state index in [1.165, 1.54) is 4.90 Å².